The van der Waals surface area contributed by atoms with E-state index in [2.05, 4.69) is 4.90 Å². The third-order valence-corrected chi connectivity index (χ3v) is 3.83. The van der Waals surface area contributed by atoms with E-state index in [0.29, 0.717) is 17.9 Å². The number of piperidine rings is 1. The Morgan fingerprint density at radius 2 is 1.95 bits per heavy atom. The van der Waals surface area contributed by atoms with Gasteiger partial charge in [0.2, 0.25) is 0 Å². The third-order valence-electron chi connectivity index (χ3n) is 3.83. The van der Waals surface area contributed by atoms with Crippen molar-refractivity contribution in [2.75, 3.05) is 26.2 Å². The number of nitrogens with zero attached hydrogens (tertiary/aromatic N) is 2. The Labute approximate surface area is 125 Å². The second-order valence-corrected chi connectivity index (χ2v) is 5.90. The molecular weight excluding hydrogens is 268 g/mol. The molecule has 0 saturated carbocycles. The number of nitriles is 1. The van der Waals surface area contributed by atoms with Gasteiger partial charge in [0.15, 0.2) is 0 Å². The van der Waals surface area contributed by atoms with Gasteiger partial charge in [0.25, 0.3) is 0 Å². The second kappa shape index (κ2) is 6.90. The molecule has 0 amide bonds. The molecule has 5 nitrogen and oxygen atoms in total. The molecular formula is C16H22N2O3. The minimum atomic E-state index is -0.569. The predicted molar refractivity (Wildman–Crippen MR) is 79.0 cm³/mol. The topological polar surface area (TPSA) is 76.7 Å². The Kier molecular flexibility index (Phi) is 5.18. The molecule has 2 N–H and O–H groups in total. The van der Waals surface area contributed by atoms with E-state index in [4.69, 9.17) is 10.00 Å². The van der Waals surface area contributed by atoms with Crippen LogP contribution in [-0.4, -0.2) is 53.1 Å². The van der Waals surface area contributed by atoms with Gasteiger partial charge in [0.05, 0.1) is 17.2 Å². The van der Waals surface area contributed by atoms with Crippen molar-refractivity contribution in [3.63, 3.8) is 0 Å². The highest BCUT2D eigenvalue weighted by Gasteiger charge is 2.28. The van der Waals surface area contributed by atoms with Gasteiger partial charge in [-0.2, -0.15) is 5.26 Å². The van der Waals surface area contributed by atoms with Crippen LogP contribution < -0.4 is 4.74 Å². The minimum Gasteiger partial charge on any atom is -0.491 e. The van der Waals surface area contributed by atoms with Crippen LogP contribution in [0, 0.1) is 11.3 Å². The van der Waals surface area contributed by atoms with Gasteiger partial charge in [0, 0.05) is 19.6 Å². The third kappa shape index (κ3) is 5.01. The number of β-amino-alcohol motifs (C(OH)–C–C–N with tert-alkyl or cyclic N) is 1. The number of rotatable bonds is 5. The van der Waals surface area contributed by atoms with E-state index in [-0.39, 0.29) is 6.61 Å². The molecule has 2 rings (SSSR count). The van der Waals surface area contributed by atoms with Crippen molar-refractivity contribution in [2.45, 2.75) is 31.5 Å². The molecule has 1 aliphatic heterocycles. The Hall–Kier alpha value is -1.61. The van der Waals surface area contributed by atoms with Gasteiger partial charge in [0.1, 0.15) is 18.5 Å². The lowest BCUT2D eigenvalue weighted by atomic mass is 9.94. The van der Waals surface area contributed by atoms with Crippen LogP contribution in [-0.2, 0) is 0 Å². The summed E-state index contributed by atoms with van der Waals surface area (Å²) in [5, 5.41) is 28.6. The number of aliphatic hydroxyl groups is 2. The van der Waals surface area contributed by atoms with Crippen molar-refractivity contribution in [2.24, 2.45) is 0 Å². The molecule has 0 radical (unpaired) electrons. The van der Waals surface area contributed by atoms with E-state index >= 15 is 0 Å². The first-order valence-electron chi connectivity index (χ1n) is 7.24. The molecule has 0 spiro atoms. The van der Waals surface area contributed by atoms with Crippen molar-refractivity contribution in [3.8, 4) is 11.8 Å². The van der Waals surface area contributed by atoms with Crippen LogP contribution in [0.15, 0.2) is 24.3 Å². The lowest BCUT2D eigenvalue weighted by Gasteiger charge is -2.36. The fourth-order valence-corrected chi connectivity index (χ4v) is 2.39. The highest BCUT2D eigenvalue weighted by atomic mass is 16.5. The van der Waals surface area contributed by atoms with Gasteiger partial charge in [-0.25, -0.2) is 0 Å². The van der Waals surface area contributed by atoms with Gasteiger partial charge in [-0.1, -0.05) is 0 Å². The van der Waals surface area contributed by atoms with Crippen molar-refractivity contribution >= 4 is 0 Å². The summed E-state index contributed by atoms with van der Waals surface area (Å²) in [5.41, 5.74) is 0.0174. The SMILES string of the molecule is CC1(O)CCN(CC(O)COc2ccc(C#N)cc2)CC1. The van der Waals surface area contributed by atoms with Crippen molar-refractivity contribution in [1.29, 1.82) is 5.26 Å². The van der Waals surface area contributed by atoms with Crippen LogP contribution in [0.4, 0.5) is 0 Å². The summed E-state index contributed by atoms with van der Waals surface area (Å²) in [5.74, 6) is 0.648. The normalized spacial score (nSPS) is 19.7. The van der Waals surface area contributed by atoms with Crippen molar-refractivity contribution in [3.05, 3.63) is 29.8 Å². The van der Waals surface area contributed by atoms with Gasteiger partial charge >= 0.3 is 0 Å². The van der Waals surface area contributed by atoms with E-state index in [1.54, 1.807) is 24.3 Å². The molecule has 1 heterocycles. The summed E-state index contributed by atoms with van der Waals surface area (Å²) in [6, 6.07) is 8.88. The zero-order valence-corrected chi connectivity index (χ0v) is 12.3. The molecule has 0 aromatic heterocycles. The quantitative estimate of drug-likeness (QED) is 0.850. The zero-order chi connectivity index (χ0) is 15.3. The fourth-order valence-electron chi connectivity index (χ4n) is 2.39. The maximum atomic E-state index is 10.0. The van der Waals surface area contributed by atoms with Gasteiger partial charge in [-0.15, -0.1) is 0 Å². The summed E-state index contributed by atoms with van der Waals surface area (Å²) >= 11 is 0. The van der Waals surface area contributed by atoms with Crippen LogP contribution in [0.25, 0.3) is 0 Å². The fraction of sp³-hybridized carbons (Fsp3) is 0.562. The van der Waals surface area contributed by atoms with Crippen LogP contribution in [0.1, 0.15) is 25.3 Å². The summed E-state index contributed by atoms with van der Waals surface area (Å²) in [6.45, 7) is 4.21. The lowest BCUT2D eigenvalue weighted by Crippen LogP contribution is -2.45. The van der Waals surface area contributed by atoms with Gasteiger partial charge in [-0.05, 0) is 44.0 Å². The average Bonchev–Trinajstić information content (AvgIpc) is 2.48. The monoisotopic (exact) mass is 290 g/mol. The standard InChI is InChI=1S/C16H22N2O3/c1-16(20)6-8-18(9-7-16)11-14(19)12-21-15-4-2-13(10-17)3-5-15/h2-5,14,19-20H,6-9,11-12H2,1H3. The van der Waals surface area contributed by atoms with Crippen LogP contribution in [0.2, 0.25) is 0 Å². The zero-order valence-electron chi connectivity index (χ0n) is 12.3. The lowest BCUT2D eigenvalue weighted by molar-refractivity contribution is -0.0201. The Balaban J connectivity index is 1.72. The number of aliphatic hydroxyl groups excluding tert-OH is 1. The highest BCUT2D eigenvalue weighted by Crippen LogP contribution is 2.21. The first kappa shape index (κ1) is 15.8. The minimum absolute atomic E-state index is 0.221. The number of hydrogen-bond donors (Lipinski definition) is 2. The molecule has 21 heavy (non-hydrogen) atoms. The van der Waals surface area contributed by atoms with Crippen LogP contribution in [0.3, 0.4) is 0 Å². The number of likely N-dealkylation sites (tertiary alicyclic amines) is 1. The average molecular weight is 290 g/mol. The smallest absolute Gasteiger partial charge is 0.119 e. The molecule has 5 heteroatoms. The molecule has 1 aliphatic rings. The summed E-state index contributed by atoms with van der Waals surface area (Å²) in [4.78, 5) is 2.14. The summed E-state index contributed by atoms with van der Waals surface area (Å²) in [7, 11) is 0. The molecule has 1 atom stereocenters. The van der Waals surface area contributed by atoms with E-state index in [9.17, 15) is 10.2 Å². The predicted octanol–water partition coefficient (Wildman–Crippen LogP) is 1.14. The van der Waals surface area contributed by atoms with E-state index in [0.717, 1.165) is 25.9 Å². The molecule has 1 aromatic carbocycles. The summed E-state index contributed by atoms with van der Waals surface area (Å²) < 4.78 is 5.51. The Bertz CT molecular complexity index is 483. The molecule has 114 valence electrons. The molecule has 0 bridgehead atoms. The maximum Gasteiger partial charge on any atom is 0.119 e. The maximum absolute atomic E-state index is 10.0. The molecule has 1 fully saturated rings. The largest absolute Gasteiger partial charge is 0.491 e. The number of ether oxygens (including phenoxy) is 1. The van der Waals surface area contributed by atoms with Crippen LogP contribution in [0.5, 0.6) is 5.75 Å². The number of benzene rings is 1. The Morgan fingerprint density at radius 3 is 2.52 bits per heavy atom. The van der Waals surface area contributed by atoms with Gasteiger partial charge < -0.3 is 19.8 Å². The van der Waals surface area contributed by atoms with Crippen molar-refractivity contribution < 1.29 is 14.9 Å². The molecule has 1 saturated heterocycles. The molecule has 0 aliphatic carbocycles. The van der Waals surface area contributed by atoms with E-state index in [1.165, 1.54) is 0 Å². The highest BCUT2D eigenvalue weighted by molar-refractivity contribution is 5.34. The number of hydrogen-bond acceptors (Lipinski definition) is 5. The van der Waals surface area contributed by atoms with E-state index in [1.807, 2.05) is 13.0 Å². The van der Waals surface area contributed by atoms with E-state index < -0.39 is 11.7 Å². The first-order valence-corrected chi connectivity index (χ1v) is 7.24. The molecule has 1 unspecified atom stereocenters. The first-order chi connectivity index (χ1) is 9.98. The molecule has 1 aromatic rings. The van der Waals surface area contributed by atoms with Crippen molar-refractivity contribution in [1.82, 2.24) is 4.90 Å². The summed E-state index contributed by atoms with van der Waals surface area (Å²) in [6.07, 6.45) is 0.899. The second-order valence-electron chi connectivity index (χ2n) is 5.90. The van der Waals surface area contributed by atoms with Crippen LogP contribution >= 0.6 is 0 Å². The van der Waals surface area contributed by atoms with Gasteiger partial charge in [-0.3, -0.25) is 0 Å². The Morgan fingerprint density at radius 1 is 1.33 bits per heavy atom.